The molecular formula is C28H27N3O4S. The van der Waals surface area contributed by atoms with Gasteiger partial charge in [-0.15, -0.1) is 11.8 Å². The predicted molar refractivity (Wildman–Crippen MR) is 138 cm³/mol. The number of ether oxygens (including phenoxy) is 1. The third-order valence-electron chi connectivity index (χ3n) is 7.29. The van der Waals surface area contributed by atoms with Crippen molar-refractivity contribution in [2.24, 2.45) is 0 Å². The highest BCUT2D eigenvalue weighted by atomic mass is 32.2. The lowest BCUT2D eigenvalue weighted by Gasteiger charge is -2.52. The van der Waals surface area contributed by atoms with Crippen molar-refractivity contribution >= 4 is 29.1 Å². The van der Waals surface area contributed by atoms with Gasteiger partial charge in [0.15, 0.2) is 11.8 Å². The van der Waals surface area contributed by atoms with Gasteiger partial charge in [0, 0.05) is 28.6 Å². The summed E-state index contributed by atoms with van der Waals surface area (Å²) < 4.78 is 5.30. The van der Waals surface area contributed by atoms with E-state index in [4.69, 9.17) is 4.74 Å². The summed E-state index contributed by atoms with van der Waals surface area (Å²) in [7, 11) is 1.60. The molecule has 1 aliphatic carbocycles. The fourth-order valence-electron chi connectivity index (χ4n) is 5.48. The van der Waals surface area contributed by atoms with Gasteiger partial charge < -0.3 is 9.84 Å². The van der Waals surface area contributed by atoms with Crippen molar-refractivity contribution in [3.63, 3.8) is 0 Å². The predicted octanol–water partition coefficient (Wildman–Crippen LogP) is 3.84. The summed E-state index contributed by atoms with van der Waals surface area (Å²) >= 11 is 1.82. The first-order valence-corrected chi connectivity index (χ1v) is 13.1. The van der Waals surface area contributed by atoms with Gasteiger partial charge in [0.05, 0.1) is 19.8 Å². The molecule has 0 spiro atoms. The van der Waals surface area contributed by atoms with E-state index in [2.05, 4.69) is 41.4 Å². The normalized spacial score (nSPS) is 25.9. The molecule has 6 rings (SSSR count). The average molecular weight is 502 g/mol. The van der Waals surface area contributed by atoms with Gasteiger partial charge in [-0.2, -0.15) is 5.01 Å². The second kappa shape index (κ2) is 9.28. The van der Waals surface area contributed by atoms with Gasteiger partial charge in [-0.05, 0) is 59.9 Å². The van der Waals surface area contributed by atoms with E-state index in [1.54, 1.807) is 23.2 Å². The van der Waals surface area contributed by atoms with E-state index in [-0.39, 0.29) is 18.6 Å². The molecule has 8 heteroatoms. The summed E-state index contributed by atoms with van der Waals surface area (Å²) in [6, 6.07) is 14.5. The number of aliphatic hydroxyl groups excluding tert-OH is 1. The molecule has 1 saturated heterocycles. The summed E-state index contributed by atoms with van der Waals surface area (Å²) in [4.78, 5) is 29.1. The molecule has 0 bridgehead atoms. The number of fused-ring (bicyclic) bond motifs is 2. The van der Waals surface area contributed by atoms with Crippen molar-refractivity contribution < 1.29 is 19.4 Å². The van der Waals surface area contributed by atoms with E-state index in [1.165, 1.54) is 27.7 Å². The van der Waals surface area contributed by atoms with Crippen LogP contribution in [0.25, 0.3) is 0 Å². The highest BCUT2D eigenvalue weighted by molar-refractivity contribution is 7.99. The Morgan fingerprint density at radius 3 is 2.67 bits per heavy atom. The molecule has 1 fully saturated rings. The Kier molecular flexibility index (Phi) is 5.95. The number of carbonyl (C=O) groups is 2. The molecular weight excluding hydrogens is 474 g/mol. The van der Waals surface area contributed by atoms with Crippen LogP contribution in [0.15, 0.2) is 89.0 Å². The zero-order chi connectivity index (χ0) is 24.8. The number of thioether (sulfide) groups is 1. The monoisotopic (exact) mass is 501 g/mol. The standard InChI is InChI=1S/C28H27N3O4S/c1-35-20-12-10-19(11-13-20)29-17-31(30-15-14-23(32)27(33)26(30)28(29)34)25-21-7-3-2-6-18(21)16-36-24-9-5-4-8-22(24)25/h2,4-6,8-15,25-27,33H,3,7,16-17H2,1H3. The van der Waals surface area contributed by atoms with E-state index < -0.39 is 17.9 Å². The molecule has 36 heavy (non-hydrogen) atoms. The van der Waals surface area contributed by atoms with Crippen molar-refractivity contribution in [1.29, 1.82) is 0 Å². The highest BCUT2D eigenvalue weighted by Gasteiger charge is 2.49. The maximum absolute atomic E-state index is 13.7. The Bertz CT molecular complexity index is 1300. The average Bonchev–Trinajstić information content (AvgIpc) is 3.08. The number of hydrogen-bond acceptors (Lipinski definition) is 7. The fraction of sp³-hybridized carbons (Fsp3) is 0.286. The molecule has 2 aromatic carbocycles. The van der Waals surface area contributed by atoms with E-state index in [9.17, 15) is 14.7 Å². The van der Waals surface area contributed by atoms with Crippen molar-refractivity contribution in [2.45, 2.75) is 35.9 Å². The van der Waals surface area contributed by atoms with Crippen LogP contribution in [0.2, 0.25) is 0 Å². The quantitative estimate of drug-likeness (QED) is 0.685. The number of methoxy groups -OCH3 is 1. The van der Waals surface area contributed by atoms with Gasteiger partial charge in [-0.1, -0.05) is 30.4 Å². The van der Waals surface area contributed by atoms with Crippen LogP contribution in [0.3, 0.4) is 0 Å². The first kappa shape index (κ1) is 23.1. The van der Waals surface area contributed by atoms with E-state index in [0.717, 1.165) is 18.6 Å². The van der Waals surface area contributed by atoms with Gasteiger partial charge in [0.25, 0.3) is 5.91 Å². The number of anilines is 1. The Labute approximate surface area is 214 Å². The van der Waals surface area contributed by atoms with Crippen LogP contribution in [0.1, 0.15) is 24.4 Å². The molecule has 2 aromatic rings. The SMILES string of the molecule is COc1ccc(N2CN(C3C4=C(C=CCC4)CSc4ccccc43)N3C=CC(=O)C(O)C3C2=O)cc1. The van der Waals surface area contributed by atoms with Crippen LogP contribution >= 0.6 is 11.8 Å². The minimum Gasteiger partial charge on any atom is -0.497 e. The van der Waals surface area contributed by atoms with Gasteiger partial charge >= 0.3 is 0 Å². The number of amides is 1. The molecule has 4 aliphatic rings. The maximum atomic E-state index is 13.7. The zero-order valence-electron chi connectivity index (χ0n) is 19.9. The fourth-order valence-corrected chi connectivity index (χ4v) is 6.59. The van der Waals surface area contributed by atoms with Gasteiger partial charge in [0.1, 0.15) is 11.9 Å². The van der Waals surface area contributed by atoms with Crippen LogP contribution in [-0.2, 0) is 9.59 Å². The van der Waals surface area contributed by atoms with Crippen LogP contribution in [-0.4, -0.2) is 58.5 Å². The van der Waals surface area contributed by atoms with Gasteiger partial charge in [-0.3, -0.25) is 19.5 Å². The second-order valence-electron chi connectivity index (χ2n) is 9.25. The molecule has 1 amide bonds. The number of carbonyl (C=O) groups excluding carboxylic acids is 2. The Morgan fingerprint density at radius 2 is 1.86 bits per heavy atom. The zero-order valence-corrected chi connectivity index (χ0v) is 20.7. The summed E-state index contributed by atoms with van der Waals surface area (Å²) in [5.41, 5.74) is 4.48. The lowest BCUT2D eigenvalue weighted by Crippen LogP contribution is -2.69. The third kappa shape index (κ3) is 3.77. The molecule has 1 N–H and O–H groups in total. The number of ketones is 1. The largest absolute Gasteiger partial charge is 0.497 e. The van der Waals surface area contributed by atoms with E-state index in [1.807, 2.05) is 36.0 Å². The molecule has 3 atom stereocenters. The number of hydrazine groups is 1. The molecule has 3 aliphatic heterocycles. The number of nitrogens with zero attached hydrogens (tertiary/aromatic N) is 3. The minimum atomic E-state index is -1.44. The first-order valence-electron chi connectivity index (χ1n) is 12.1. The van der Waals surface area contributed by atoms with Crippen LogP contribution < -0.4 is 9.64 Å². The smallest absolute Gasteiger partial charge is 0.255 e. The summed E-state index contributed by atoms with van der Waals surface area (Å²) in [5, 5.41) is 14.9. The second-order valence-corrected chi connectivity index (χ2v) is 10.3. The molecule has 3 unspecified atom stereocenters. The van der Waals surface area contributed by atoms with Crippen molar-refractivity contribution in [3.05, 3.63) is 89.7 Å². The number of hydrogen-bond donors (Lipinski definition) is 1. The van der Waals surface area contributed by atoms with Gasteiger partial charge in [-0.25, -0.2) is 0 Å². The van der Waals surface area contributed by atoms with E-state index in [0.29, 0.717) is 11.4 Å². The molecule has 3 heterocycles. The minimum absolute atomic E-state index is 0.141. The summed E-state index contributed by atoms with van der Waals surface area (Å²) in [5.74, 6) is 0.805. The van der Waals surface area contributed by atoms with Crippen molar-refractivity contribution in [2.75, 3.05) is 24.4 Å². The van der Waals surface area contributed by atoms with Crippen LogP contribution in [0.5, 0.6) is 5.75 Å². The Hall–Kier alpha value is -3.33. The van der Waals surface area contributed by atoms with Crippen molar-refractivity contribution in [3.8, 4) is 5.75 Å². The van der Waals surface area contributed by atoms with Crippen LogP contribution in [0.4, 0.5) is 5.69 Å². The lowest BCUT2D eigenvalue weighted by molar-refractivity contribution is -0.159. The molecule has 0 aromatic heterocycles. The Morgan fingerprint density at radius 1 is 1.06 bits per heavy atom. The van der Waals surface area contributed by atoms with Crippen molar-refractivity contribution in [1.82, 2.24) is 10.0 Å². The Balaban J connectivity index is 1.51. The molecule has 7 nitrogen and oxygen atoms in total. The maximum Gasteiger partial charge on any atom is 0.255 e. The van der Waals surface area contributed by atoms with E-state index >= 15 is 0 Å². The number of aliphatic hydroxyl groups is 1. The molecule has 0 radical (unpaired) electrons. The summed E-state index contributed by atoms with van der Waals surface area (Å²) in [6.07, 6.45) is 7.91. The molecule has 0 saturated carbocycles. The third-order valence-corrected chi connectivity index (χ3v) is 8.43. The lowest BCUT2D eigenvalue weighted by atomic mass is 9.87. The molecule has 184 valence electrons. The topological polar surface area (TPSA) is 73.3 Å². The number of rotatable bonds is 3. The van der Waals surface area contributed by atoms with Gasteiger partial charge in [0.2, 0.25) is 0 Å². The number of allylic oxidation sites excluding steroid dienone is 2. The number of benzene rings is 2. The van der Waals surface area contributed by atoms with Crippen LogP contribution in [0, 0.1) is 0 Å². The first-order chi connectivity index (χ1) is 17.6. The highest BCUT2D eigenvalue weighted by Crippen LogP contribution is 2.46. The summed E-state index contributed by atoms with van der Waals surface area (Å²) in [6.45, 7) is 0.275.